The fourth-order valence-electron chi connectivity index (χ4n) is 4.93. The Hall–Kier alpha value is -2.76. The van der Waals surface area contributed by atoms with Gasteiger partial charge in [0.25, 0.3) is 0 Å². The van der Waals surface area contributed by atoms with E-state index in [0.29, 0.717) is 40.6 Å². The molecule has 0 saturated heterocycles. The molecule has 0 unspecified atom stereocenters. The van der Waals surface area contributed by atoms with Crippen LogP contribution in [0.3, 0.4) is 0 Å². The van der Waals surface area contributed by atoms with Crippen LogP contribution < -0.4 is 28.4 Å². The van der Waals surface area contributed by atoms with Gasteiger partial charge in [-0.05, 0) is 36.0 Å². The van der Waals surface area contributed by atoms with Crippen LogP contribution in [0.5, 0.6) is 34.5 Å². The summed E-state index contributed by atoms with van der Waals surface area (Å²) in [7, 11) is 9.90. The molecule has 0 aromatic heterocycles. The van der Waals surface area contributed by atoms with E-state index in [0.717, 1.165) is 23.3 Å². The van der Waals surface area contributed by atoms with Gasteiger partial charge in [-0.3, -0.25) is 0 Å². The highest BCUT2D eigenvalue weighted by Crippen LogP contribution is 2.60. The Morgan fingerprint density at radius 2 is 1.17 bits per heavy atom. The number of methoxy groups -OCH3 is 6. The van der Waals surface area contributed by atoms with Crippen LogP contribution in [-0.4, -0.2) is 42.7 Å². The lowest BCUT2D eigenvalue weighted by Gasteiger charge is -2.25. The molecule has 0 aliphatic heterocycles. The topological polar surface area (TPSA) is 55.4 Å². The molecule has 6 nitrogen and oxygen atoms in total. The molecule has 3 atom stereocenters. The van der Waals surface area contributed by atoms with E-state index in [9.17, 15) is 0 Å². The van der Waals surface area contributed by atoms with Gasteiger partial charge in [0.2, 0.25) is 5.75 Å². The van der Waals surface area contributed by atoms with E-state index in [1.807, 2.05) is 12.1 Å². The SMILES string of the molecule is CC[C@@H]1c2cc(OC)c(OC)c(OC)c2[C@@H](c2cc(OC)c(OC)cc2OC)[C@@H]1C. The van der Waals surface area contributed by atoms with Crippen LogP contribution in [0.2, 0.25) is 0 Å². The second kappa shape index (κ2) is 8.94. The Kier molecular flexibility index (Phi) is 6.54. The van der Waals surface area contributed by atoms with E-state index in [2.05, 4.69) is 19.9 Å². The monoisotopic (exact) mass is 416 g/mol. The molecule has 0 N–H and O–H groups in total. The Labute approximate surface area is 179 Å². The maximum atomic E-state index is 5.89. The highest BCUT2D eigenvalue weighted by molar-refractivity contribution is 5.66. The van der Waals surface area contributed by atoms with Crippen molar-refractivity contribution in [1.29, 1.82) is 0 Å². The summed E-state index contributed by atoms with van der Waals surface area (Å²) in [5, 5.41) is 0. The normalized spacial score (nSPS) is 19.8. The predicted molar refractivity (Wildman–Crippen MR) is 116 cm³/mol. The van der Waals surface area contributed by atoms with E-state index in [4.69, 9.17) is 28.4 Å². The van der Waals surface area contributed by atoms with Gasteiger partial charge in [0, 0.05) is 23.1 Å². The number of rotatable bonds is 8. The molecule has 2 aromatic carbocycles. The van der Waals surface area contributed by atoms with E-state index in [1.54, 1.807) is 42.7 Å². The van der Waals surface area contributed by atoms with Crippen LogP contribution in [0.15, 0.2) is 18.2 Å². The molecular formula is C24H32O6. The zero-order valence-corrected chi connectivity index (χ0v) is 19.1. The van der Waals surface area contributed by atoms with Crippen molar-refractivity contribution in [2.75, 3.05) is 42.7 Å². The maximum Gasteiger partial charge on any atom is 0.203 e. The minimum Gasteiger partial charge on any atom is -0.496 e. The summed E-state index contributed by atoms with van der Waals surface area (Å²) in [5.41, 5.74) is 3.37. The molecule has 0 saturated carbocycles. The molecule has 0 fully saturated rings. The lowest BCUT2D eigenvalue weighted by molar-refractivity contribution is 0.321. The quantitative estimate of drug-likeness (QED) is 0.603. The van der Waals surface area contributed by atoms with E-state index < -0.39 is 0 Å². The first kappa shape index (κ1) is 21.9. The molecule has 164 valence electrons. The summed E-state index contributed by atoms with van der Waals surface area (Å²) in [6.07, 6.45) is 0.999. The van der Waals surface area contributed by atoms with Crippen molar-refractivity contribution in [1.82, 2.24) is 0 Å². The third-order valence-corrected chi connectivity index (χ3v) is 6.28. The second-order valence-corrected chi connectivity index (χ2v) is 7.45. The third-order valence-electron chi connectivity index (χ3n) is 6.28. The van der Waals surface area contributed by atoms with Gasteiger partial charge in [-0.15, -0.1) is 0 Å². The van der Waals surface area contributed by atoms with Crippen molar-refractivity contribution in [3.63, 3.8) is 0 Å². The predicted octanol–water partition coefficient (Wildman–Crippen LogP) is 5.01. The zero-order valence-electron chi connectivity index (χ0n) is 19.1. The Bertz CT molecular complexity index is 907. The van der Waals surface area contributed by atoms with Crippen LogP contribution in [0.4, 0.5) is 0 Å². The summed E-state index contributed by atoms with van der Waals surface area (Å²) in [5.74, 6) is 4.73. The first-order chi connectivity index (χ1) is 14.5. The van der Waals surface area contributed by atoms with Crippen molar-refractivity contribution in [3.05, 3.63) is 34.9 Å². The zero-order chi connectivity index (χ0) is 22.0. The van der Waals surface area contributed by atoms with Crippen molar-refractivity contribution in [2.24, 2.45) is 5.92 Å². The van der Waals surface area contributed by atoms with Gasteiger partial charge in [-0.25, -0.2) is 0 Å². The molecule has 0 amide bonds. The van der Waals surface area contributed by atoms with Gasteiger partial charge < -0.3 is 28.4 Å². The molecule has 30 heavy (non-hydrogen) atoms. The molecule has 0 bridgehead atoms. The van der Waals surface area contributed by atoms with Crippen molar-refractivity contribution in [2.45, 2.75) is 32.1 Å². The van der Waals surface area contributed by atoms with Gasteiger partial charge in [-0.1, -0.05) is 13.8 Å². The van der Waals surface area contributed by atoms with E-state index >= 15 is 0 Å². The molecule has 0 heterocycles. The van der Waals surface area contributed by atoms with Gasteiger partial charge in [0.05, 0.1) is 42.7 Å². The highest BCUT2D eigenvalue weighted by Gasteiger charge is 2.43. The van der Waals surface area contributed by atoms with Gasteiger partial charge in [-0.2, -0.15) is 0 Å². The van der Waals surface area contributed by atoms with Gasteiger partial charge in [0.15, 0.2) is 23.0 Å². The van der Waals surface area contributed by atoms with Crippen molar-refractivity contribution < 1.29 is 28.4 Å². The van der Waals surface area contributed by atoms with Gasteiger partial charge in [0.1, 0.15) is 5.75 Å². The molecule has 1 aliphatic rings. The first-order valence-electron chi connectivity index (χ1n) is 10.1. The maximum absolute atomic E-state index is 5.89. The van der Waals surface area contributed by atoms with Crippen LogP contribution in [0.1, 0.15) is 48.8 Å². The van der Waals surface area contributed by atoms with Crippen LogP contribution in [-0.2, 0) is 0 Å². The molecule has 2 aromatic rings. The number of ether oxygens (including phenoxy) is 6. The average Bonchev–Trinajstić information content (AvgIpc) is 3.06. The second-order valence-electron chi connectivity index (χ2n) is 7.45. The van der Waals surface area contributed by atoms with Crippen molar-refractivity contribution >= 4 is 0 Å². The van der Waals surface area contributed by atoms with Crippen LogP contribution >= 0.6 is 0 Å². The fraction of sp³-hybridized carbons (Fsp3) is 0.500. The first-order valence-corrected chi connectivity index (χ1v) is 10.1. The fourth-order valence-corrected chi connectivity index (χ4v) is 4.93. The summed E-state index contributed by atoms with van der Waals surface area (Å²) in [4.78, 5) is 0. The molecule has 6 heteroatoms. The van der Waals surface area contributed by atoms with E-state index in [1.165, 1.54) is 5.56 Å². The Balaban J connectivity index is 2.34. The minimum atomic E-state index is 0.0365. The smallest absolute Gasteiger partial charge is 0.203 e. The summed E-state index contributed by atoms with van der Waals surface area (Å²) < 4.78 is 34.0. The van der Waals surface area contributed by atoms with Crippen LogP contribution in [0, 0.1) is 5.92 Å². The molecule has 0 radical (unpaired) electrons. The summed E-state index contributed by atoms with van der Waals surface area (Å²) in [6, 6.07) is 5.98. The summed E-state index contributed by atoms with van der Waals surface area (Å²) in [6.45, 7) is 4.48. The lowest BCUT2D eigenvalue weighted by atomic mass is 9.82. The number of hydrogen-bond acceptors (Lipinski definition) is 6. The largest absolute Gasteiger partial charge is 0.496 e. The minimum absolute atomic E-state index is 0.0365. The molecular weight excluding hydrogens is 384 g/mol. The Morgan fingerprint density at radius 1 is 0.633 bits per heavy atom. The molecule has 0 spiro atoms. The van der Waals surface area contributed by atoms with Gasteiger partial charge >= 0.3 is 0 Å². The summed E-state index contributed by atoms with van der Waals surface area (Å²) >= 11 is 0. The Morgan fingerprint density at radius 3 is 1.67 bits per heavy atom. The standard InChI is InChI=1S/C24H32O6/c1-9-14-13(2)21(16-11-18(26-4)19(27-5)12-17(16)25-3)22-15(14)10-20(28-6)23(29-7)24(22)30-8/h10-14,21H,9H2,1-8H3/t13-,14+,21-/m1/s1. The van der Waals surface area contributed by atoms with E-state index in [-0.39, 0.29) is 5.92 Å². The highest BCUT2D eigenvalue weighted by atomic mass is 16.5. The number of fused-ring (bicyclic) bond motifs is 1. The average molecular weight is 417 g/mol. The third kappa shape index (κ3) is 3.28. The number of hydrogen-bond donors (Lipinski definition) is 0. The number of benzene rings is 2. The van der Waals surface area contributed by atoms with Crippen LogP contribution in [0.25, 0.3) is 0 Å². The lowest BCUT2D eigenvalue weighted by Crippen LogP contribution is -2.11. The molecule has 3 rings (SSSR count). The van der Waals surface area contributed by atoms with Crippen molar-refractivity contribution in [3.8, 4) is 34.5 Å². The molecule has 1 aliphatic carbocycles.